The molecule has 0 bridgehead atoms. The predicted octanol–water partition coefficient (Wildman–Crippen LogP) is 2.32. The van der Waals surface area contributed by atoms with Gasteiger partial charge in [-0.2, -0.15) is 16.5 Å². The van der Waals surface area contributed by atoms with Crippen LogP contribution >= 0.6 is 27.7 Å². The summed E-state index contributed by atoms with van der Waals surface area (Å²) in [6.45, 7) is 1.96. The number of nitrogens with one attached hydrogen (secondary N) is 1. The highest BCUT2D eigenvalue weighted by atomic mass is 79.9. The Bertz CT molecular complexity index is 545. The van der Waals surface area contributed by atoms with Crippen molar-refractivity contribution < 1.29 is 18.3 Å². The van der Waals surface area contributed by atoms with Gasteiger partial charge in [-0.25, -0.2) is 8.42 Å². The van der Waals surface area contributed by atoms with Gasteiger partial charge in [0.1, 0.15) is 6.04 Å². The molecule has 0 aromatic heterocycles. The molecule has 0 saturated carbocycles. The fraction of sp³-hybridized carbons (Fsp3) is 0.417. The Labute approximate surface area is 131 Å². The number of thioether (sulfide) groups is 1. The van der Waals surface area contributed by atoms with Crippen LogP contribution in [0.25, 0.3) is 0 Å². The van der Waals surface area contributed by atoms with Crippen molar-refractivity contribution in [3.63, 3.8) is 0 Å². The van der Waals surface area contributed by atoms with Crippen molar-refractivity contribution >= 4 is 43.7 Å². The van der Waals surface area contributed by atoms with E-state index in [0.29, 0.717) is 5.75 Å². The summed E-state index contributed by atoms with van der Waals surface area (Å²) in [6, 6.07) is 4.93. The second-order valence-electron chi connectivity index (χ2n) is 3.95. The van der Waals surface area contributed by atoms with Crippen LogP contribution in [0.15, 0.2) is 33.6 Å². The van der Waals surface area contributed by atoms with Crippen LogP contribution in [0.4, 0.5) is 0 Å². The first kappa shape index (κ1) is 17.5. The molecule has 0 aliphatic carbocycles. The zero-order valence-electron chi connectivity index (χ0n) is 10.9. The maximum Gasteiger partial charge on any atom is 0.321 e. The van der Waals surface area contributed by atoms with Gasteiger partial charge < -0.3 is 5.11 Å². The summed E-state index contributed by atoms with van der Waals surface area (Å²) in [6.07, 6.45) is 0.254. The normalized spacial score (nSPS) is 13.1. The van der Waals surface area contributed by atoms with E-state index in [0.717, 1.165) is 10.2 Å². The first-order valence-electron chi connectivity index (χ1n) is 5.95. The summed E-state index contributed by atoms with van der Waals surface area (Å²) in [4.78, 5) is 11.2. The Balaban J connectivity index is 2.80. The van der Waals surface area contributed by atoms with E-state index in [2.05, 4.69) is 20.7 Å². The average Bonchev–Trinajstić information content (AvgIpc) is 2.38. The number of hydrogen-bond acceptors (Lipinski definition) is 4. The van der Waals surface area contributed by atoms with E-state index in [4.69, 9.17) is 5.11 Å². The van der Waals surface area contributed by atoms with Crippen molar-refractivity contribution in [3.05, 3.63) is 28.7 Å². The molecule has 112 valence electrons. The highest BCUT2D eigenvalue weighted by molar-refractivity contribution is 9.10. The average molecular weight is 382 g/mol. The van der Waals surface area contributed by atoms with Gasteiger partial charge in [-0.3, -0.25) is 4.79 Å². The van der Waals surface area contributed by atoms with Crippen LogP contribution in [0.5, 0.6) is 0 Å². The molecular formula is C12H16BrNO4S2. The van der Waals surface area contributed by atoms with Crippen LogP contribution in [0.3, 0.4) is 0 Å². The van der Waals surface area contributed by atoms with Gasteiger partial charge in [0.15, 0.2) is 0 Å². The Morgan fingerprint density at radius 1 is 1.40 bits per heavy atom. The number of sulfonamides is 1. The summed E-state index contributed by atoms with van der Waals surface area (Å²) in [5.41, 5.74) is 0. The molecule has 1 aromatic rings. The zero-order chi connectivity index (χ0) is 15.2. The van der Waals surface area contributed by atoms with E-state index in [-0.39, 0.29) is 11.3 Å². The maximum atomic E-state index is 12.1. The monoisotopic (exact) mass is 381 g/mol. The van der Waals surface area contributed by atoms with Crippen molar-refractivity contribution in [2.24, 2.45) is 0 Å². The molecule has 0 aliphatic heterocycles. The first-order chi connectivity index (χ1) is 9.36. The van der Waals surface area contributed by atoms with Gasteiger partial charge in [0.05, 0.1) is 4.90 Å². The number of carbonyl (C=O) groups is 1. The minimum Gasteiger partial charge on any atom is -0.480 e. The van der Waals surface area contributed by atoms with E-state index in [9.17, 15) is 13.2 Å². The first-order valence-corrected chi connectivity index (χ1v) is 9.38. The van der Waals surface area contributed by atoms with Gasteiger partial charge in [-0.05, 0) is 42.2 Å². The molecular weight excluding hydrogens is 366 g/mol. The molecule has 0 saturated heterocycles. The lowest BCUT2D eigenvalue weighted by atomic mass is 10.2. The molecule has 0 heterocycles. The van der Waals surface area contributed by atoms with E-state index in [1.165, 1.54) is 12.1 Å². The number of carboxylic acid groups (broad SMARTS) is 1. The number of rotatable bonds is 8. The molecule has 0 aliphatic rings. The third-order valence-corrected chi connectivity index (χ3v) is 5.42. The van der Waals surface area contributed by atoms with Crippen LogP contribution < -0.4 is 4.72 Å². The summed E-state index contributed by atoms with van der Waals surface area (Å²) in [5.74, 6) is 0.296. The second kappa shape index (κ2) is 8.02. The minimum absolute atomic E-state index is 0.0510. The van der Waals surface area contributed by atoms with Crippen molar-refractivity contribution in [2.45, 2.75) is 24.3 Å². The Morgan fingerprint density at radius 3 is 2.50 bits per heavy atom. The number of hydrogen-bond donors (Lipinski definition) is 2. The number of carboxylic acids is 1. The summed E-state index contributed by atoms with van der Waals surface area (Å²) in [7, 11) is -3.82. The fourth-order valence-electron chi connectivity index (χ4n) is 1.45. The van der Waals surface area contributed by atoms with Gasteiger partial charge in [0.2, 0.25) is 10.0 Å². The van der Waals surface area contributed by atoms with Crippen LogP contribution in [-0.2, 0) is 14.8 Å². The van der Waals surface area contributed by atoms with E-state index in [1.54, 1.807) is 23.9 Å². The molecule has 0 amide bonds. The molecule has 8 heteroatoms. The largest absolute Gasteiger partial charge is 0.480 e. The van der Waals surface area contributed by atoms with Crippen LogP contribution in [0.1, 0.15) is 13.3 Å². The second-order valence-corrected chi connectivity index (χ2v) is 7.98. The minimum atomic E-state index is -3.82. The standard InChI is InChI=1S/C12H16BrNO4S2/c1-2-19-8-7-11(12(15)16)14-20(17,18)10-5-3-9(13)4-6-10/h3-6,11,14H,2,7-8H2,1H3,(H,15,16)/t11-/m0/s1. The summed E-state index contributed by atoms with van der Waals surface area (Å²) < 4.78 is 27.2. The molecule has 5 nitrogen and oxygen atoms in total. The number of halogens is 1. The lowest BCUT2D eigenvalue weighted by Crippen LogP contribution is -2.41. The molecule has 20 heavy (non-hydrogen) atoms. The molecule has 1 aromatic carbocycles. The van der Waals surface area contributed by atoms with Crippen LogP contribution in [0, 0.1) is 0 Å². The third-order valence-electron chi connectivity index (χ3n) is 2.47. The van der Waals surface area contributed by atoms with E-state index >= 15 is 0 Å². The van der Waals surface area contributed by atoms with E-state index < -0.39 is 22.0 Å². The van der Waals surface area contributed by atoms with E-state index in [1.807, 2.05) is 6.92 Å². The molecule has 1 rings (SSSR count). The Kier molecular flexibility index (Phi) is 7.01. The molecule has 0 radical (unpaired) electrons. The van der Waals surface area contributed by atoms with Crippen molar-refractivity contribution in [1.29, 1.82) is 0 Å². The van der Waals surface area contributed by atoms with Crippen molar-refractivity contribution in [1.82, 2.24) is 4.72 Å². The lowest BCUT2D eigenvalue weighted by molar-refractivity contribution is -0.139. The molecule has 2 N–H and O–H groups in total. The smallest absolute Gasteiger partial charge is 0.321 e. The van der Waals surface area contributed by atoms with Crippen LogP contribution in [0.2, 0.25) is 0 Å². The maximum absolute atomic E-state index is 12.1. The van der Waals surface area contributed by atoms with Crippen LogP contribution in [-0.4, -0.2) is 37.0 Å². The zero-order valence-corrected chi connectivity index (χ0v) is 14.1. The number of benzene rings is 1. The number of aliphatic carboxylic acids is 1. The summed E-state index contributed by atoms with van der Waals surface area (Å²) in [5, 5.41) is 9.08. The summed E-state index contributed by atoms with van der Waals surface area (Å²) >= 11 is 4.79. The van der Waals surface area contributed by atoms with Gasteiger partial charge in [0, 0.05) is 4.47 Å². The van der Waals surface area contributed by atoms with Gasteiger partial charge in [-0.1, -0.05) is 22.9 Å². The third kappa shape index (κ3) is 5.43. The van der Waals surface area contributed by atoms with Gasteiger partial charge >= 0.3 is 5.97 Å². The molecule has 0 unspecified atom stereocenters. The van der Waals surface area contributed by atoms with Crippen molar-refractivity contribution in [2.75, 3.05) is 11.5 Å². The SMILES string of the molecule is CCSCC[C@H](NS(=O)(=O)c1ccc(Br)cc1)C(=O)O. The fourth-order valence-corrected chi connectivity index (χ4v) is 3.63. The van der Waals surface area contributed by atoms with Gasteiger partial charge in [-0.15, -0.1) is 0 Å². The van der Waals surface area contributed by atoms with Gasteiger partial charge in [0.25, 0.3) is 0 Å². The molecule has 0 fully saturated rings. The Hall–Kier alpha value is -0.570. The molecule has 0 spiro atoms. The quantitative estimate of drug-likeness (QED) is 0.675. The molecule has 1 atom stereocenters. The lowest BCUT2D eigenvalue weighted by Gasteiger charge is -2.14. The predicted molar refractivity (Wildman–Crippen MR) is 83.5 cm³/mol. The topological polar surface area (TPSA) is 83.5 Å². The Morgan fingerprint density at radius 2 is 2.00 bits per heavy atom. The van der Waals surface area contributed by atoms with Crippen molar-refractivity contribution in [3.8, 4) is 0 Å². The highest BCUT2D eigenvalue weighted by Gasteiger charge is 2.24. The highest BCUT2D eigenvalue weighted by Crippen LogP contribution is 2.15.